The van der Waals surface area contributed by atoms with E-state index in [0.717, 1.165) is 4.88 Å². The van der Waals surface area contributed by atoms with Crippen LogP contribution in [-0.4, -0.2) is 15.1 Å². The monoisotopic (exact) mass is 261 g/mol. The van der Waals surface area contributed by atoms with Crippen molar-refractivity contribution >= 4 is 11.3 Å². The van der Waals surface area contributed by atoms with Crippen molar-refractivity contribution in [2.45, 2.75) is 6.42 Å². The normalized spacial score (nSPS) is 10.7. The second kappa shape index (κ2) is 4.66. The Morgan fingerprint density at radius 1 is 1.28 bits per heavy atom. The van der Waals surface area contributed by atoms with Crippen molar-refractivity contribution in [1.82, 2.24) is 15.1 Å². The number of thiophene rings is 1. The van der Waals surface area contributed by atoms with Crippen molar-refractivity contribution < 1.29 is 8.91 Å². The van der Waals surface area contributed by atoms with E-state index >= 15 is 0 Å². The summed E-state index contributed by atoms with van der Waals surface area (Å²) in [6, 6.07) is 6.82. The Kier molecular flexibility index (Phi) is 2.85. The van der Waals surface area contributed by atoms with Gasteiger partial charge in [0.2, 0.25) is 11.7 Å². The number of hydrogen-bond acceptors (Lipinski definition) is 5. The maximum atomic E-state index is 12.7. The largest absolute Gasteiger partial charge is 0.339 e. The highest BCUT2D eigenvalue weighted by molar-refractivity contribution is 7.13. The van der Waals surface area contributed by atoms with Gasteiger partial charge in [0.25, 0.3) is 0 Å². The topological polar surface area (TPSA) is 51.8 Å². The Morgan fingerprint density at radius 3 is 2.94 bits per heavy atom. The highest BCUT2D eigenvalue weighted by Crippen LogP contribution is 2.21. The van der Waals surface area contributed by atoms with Gasteiger partial charge in [-0.15, -0.1) is 11.3 Å². The molecule has 3 aromatic heterocycles. The number of pyridine rings is 1. The third kappa shape index (κ3) is 2.28. The fourth-order valence-electron chi connectivity index (χ4n) is 1.50. The van der Waals surface area contributed by atoms with Gasteiger partial charge in [-0.3, -0.25) is 4.98 Å². The predicted molar refractivity (Wildman–Crippen MR) is 64.6 cm³/mol. The Labute approximate surface area is 106 Å². The van der Waals surface area contributed by atoms with Crippen LogP contribution in [0.25, 0.3) is 10.7 Å². The fraction of sp³-hybridized carbons (Fsp3) is 0.0833. The molecule has 0 aliphatic carbocycles. The lowest BCUT2D eigenvalue weighted by Gasteiger charge is -1.94. The molecule has 18 heavy (non-hydrogen) atoms. The lowest BCUT2D eigenvalue weighted by molar-refractivity contribution is 0.385. The maximum absolute atomic E-state index is 12.7. The first kappa shape index (κ1) is 11.0. The fourth-order valence-corrected chi connectivity index (χ4v) is 2.15. The van der Waals surface area contributed by atoms with E-state index in [2.05, 4.69) is 15.1 Å². The molecule has 0 aromatic carbocycles. The van der Waals surface area contributed by atoms with E-state index in [-0.39, 0.29) is 5.82 Å². The van der Waals surface area contributed by atoms with Crippen LogP contribution in [0.1, 0.15) is 11.6 Å². The molecule has 0 radical (unpaired) electrons. The van der Waals surface area contributed by atoms with Gasteiger partial charge in [0.15, 0.2) is 0 Å². The first-order chi connectivity index (χ1) is 8.81. The molecule has 0 amide bonds. The van der Waals surface area contributed by atoms with Crippen LogP contribution in [0.3, 0.4) is 0 Å². The Morgan fingerprint density at radius 2 is 2.22 bits per heavy atom. The second-order valence-electron chi connectivity index (χ2n) is 3.63. The zero-order chi connectivity index (χ0) is 12.4. The minimum atomic E-state index is -0.358. The molecule has 0 bridgehead atoms. The van der Waals surface area contributed by atoms with Crippen LogP contribution in [0, 0.1) is 5.82 Å². The van der Waals surface area contributed by atoms with Crippen molar-refractivity contribution in [3.8, 4) is 10.7 Å². The first-order valence-electron chi connectivity index (χ1n) is 5.28. The summed E-state index contributed by atoms with van der Waals surface area (Å²) in [6.07, 6.45) is 1.57. The maximum Gasteiger partial charge on any atom is 0.233 e. The highest BCUT2D eigenvalue weighted by Gasteiger charge is 2.10. The van der Waals surface area contributed by atoms with Crippen molar-refractivity contribution in [3.63, 3.8) is 0 Å². The Bertz CT molecular complexity index is 634. The minimum Gasteiger partial charge on any atom is -0.339 e. The molecular formula is C12H8FN3OS. The summed E-state index contributed by atoms with van der Waals surface area (Å²) in [5.41, 5.74) is 0.692. The van der Waals surface area contributed by atoms with E-state index in [1.165, 1.54) is 12.3 Å². The van der Waals surface area contributed by atoms with E-state index < -0.39 is 0 Å². The number of rotatable bonds is 3. The zero-order valence-electron chi connectivity index (χ0n) is 9.21. The molecule has 0 aliphatic heterocycles. The number of halogens is 1. The SMILES string of the molecule is Fc1ccc(Cc2nc(-c3cccs3)no2)nc1. The van der Waals surface area contributed by atoms with Gasteiger partial charge >= 0.3 is 0 Å². The summed E-state index contributed by atoms with van der Waals surface area (Å²) < 4.78 is 17.8. The van der Waals surface area contributed by atoms with Gasteiger partial charge in [-0.25, -0.2) is 4.39 Å². The average molecular weight is 261 g/mol. The van der Waals surface area contributed by atoms with Crippen LogP contribution in [-0.2, 0) is 6.42 Å². The molecule has 90 valence electrons. The van der Waals surface area contributed by atoms with Crippen LogP contribution >= 0.6 is 11.3 Å². The van der Waals surface area contributed by atoms with E-state index in [4.69, 9.17) is 4.52 Å². The van der Waals surface area contributed by atoms with Crippen molar-refractivity contribution in [3.05, 3.63) is 53.2 Å². The summed E-state index contributed by atoms with van der Waals surface area (Å²) in [6.45, 7) is 0. The molecule has 4 nitrogen and oxygen atoms in total. The average Bonchev–Trinajstić information content (AvgIpc) is 3.02. The molecule has 3 rings (SSSR count). The van der Waals surface area contributed by atoms with Crippen LogP contribution in [0.5, 0.6) is 0 Å². The Balaban J connectivity index is 1.80. The van der Waals surface area contributed by atoms with Gasteiger partial charge in [-0.2, -0.15) is 4.98 Å². The molecule has 0 saturated heterocycles. The predicted octanol–water partition coefficient (Wildman–Crippen LogP) is 2.92. The molecule has 0 saturated carbocycles. The summed E-state index contributed by atoms with van der Waals surface area (Å²) >= 11 is 1.55. The van der Waals surface area contributed by atoms with Crippen molar-refractivity contribution in [2.24, 2.45) is 0 Å². The molecule has 3 heterocycles. The zero-order valence-corrected chi connectivity index (χ0v) is 10.0. The summed E-state index contributed by atoms with van der Waals surface area (Å²) in [5.74, 6) is 0.683. The smallest absolute Gasteiger partial charge is 0.233 e. The molecule has 0 spiro atoms. The van der Waals surface area contributed by atoms with E-state index in [1.54, 1.807) is 17.4 Å². The van der Waals surface area contributed by atoms with E-state index in [9.17, 15) is 4.39 Å². The highest BCUT2D eigenvalue weighted by atomic mass is 32.1. The Hall–Kier alpha value is -2.08. The van der Waals surface area contributed by atoms with Crippen LogP contribution < -0.4 is 0 Å². The van der Waals surface area contributed by atoms with Crippen molar-refractivity contribution in [1.29, 1.82) is 0 Å². The van der Waals surface area contributed by atoms with E-state index in [0.29, 0.717) is 23.8 Å². The molecule has 0 unspecified atom stereocenters. The standard InChI is InChI=1S/C12H8FN3OS/c13-8-3-4-9(14-7-8)6-11-15-12(16-17-11)10-2-1-5-18-10/h1-5,7H,6H2. The molecular weight excluding hydrogens is 253 g/mol. The molecule has 3 aromatic rings. The van der Waals surface area contributed by atoms with Gasteiger partial charge < -0.3 is 4.52 Å². The van der Waals surface area contributed by atoms with Gasteiger partial charge in [0.1, 0.15) is 5.82 Å². The number of aromatic nitrogens is 3. The summed E-state index contributed by atoms with van der Waals surface area (Å²) in [4.78, 5) is 9.17. The number of nitrogens with zero attached hydrogens (tertiary/aromatic N) is 3. The van der Waals surface area contributed by atoms with Crippen LogP contribution in [0.2, 0.25) is 0 Å². The minimum absolute atomic E-state index is 0.358. The van der Waals surface area contributed by atoms with Crippen LogP contribution in [0.15, 0.2) is 40.4 Å². The van der Waals surface area contributed by atoms with Gasteiger partial charge in [0.05, 0.1) is 17.5 Å². The van der Waals surface area contributed by atoms with Crippen LogP contribution in [0.4, 0.5) is 4.39 Å². The van der Waals surface area contributed by atoms with E-state index in [1.807, 2.05) is 17.5 Å². The summed E-state index contributed by atoms with van der Waals surface area (Å²) in [5, 5.41) is 5.85. The molecule has 0 atom stereocenters. The van der Waals surface area contributed by atoms with Crippen molar-refractivity contribution in [2.75, 3.05) is 0 Å². The second-order valence-corrected chi connectivity index (χ2v) is 4.58. The van der Waals surface area contributed by atoms with Gasteiger partial charge in [-0.05, 0) is 23.6 Å². The molecule has 0 aliphatic rings. The lowest BCUT2D eigenvalue weighted by atomic mass is 10.3. The lowest BCUT2D eigenvalue weighted by Crippen LogP contribution is -1.92. The van der Waals surface area contributed by atoms with Gasteiger partial charge in [0, 0.05) is 5.69 Å². The summed E-state index contributed by atoms with van der Waals surface area (Å²) in [7, 11) is 0. The van der Waals surface area contributed by atoms with Gasteiger partial charge in [-0.1, -0.05) is 11.2 Å². The number of hydrogen-bond donors (Lipinski definition) is 0. The molecule has 6 heteroatoms. The third-order valence-corrected chi connectivity index (χ3v) is 3.20. The third-order valence-electron chi connectivity index (χ3n) is 2.33. The quantitative estimate of drug-likeness (QED) is 0.727. The molecule has 0 N–H and O–H groups in total. The molecule has 0 fully saturated rings. The first-order valence-corrected chi connectivity index (χ1v) is 6.16.